The number of nitrogens with one attached hydrogen (secondary N) is 1. The number of nitrogens with zero attached hydrogens (tertiary/aromatic N) is 1. The molecule has 2 aromatic carbocycles. The van der Waals surface area contributed by atoms with E-state index in [1.807, 2.05) is 30.5 Å². The van der Waals surface area contributed by atoms with Crippen LogP contribution in [0.3, 0.4) is 0 Å². The molecule has 0 fully saturated rings. The third-order valence-electron chi connectivity index (χ3n) is 3.62. The third-order valence-corrected chi connectivity index (χ3v) is 6.18. The number of aryl methyl sites for hydroxylation is 1. The predicted molar refractivity (Wildman–Crippen MR) is 96.6 cm³/mol. The molecule has 0 aliphatic heterocycles. The van der Waals surface area contributed by atoms with E-state index in [0.29, 0.717) is 4.90 Å². The number of hydrogen-bond donors (Lipinski definition) is 1. The van der Waals surface area contributed by atoms with Gasteiger partial charge in [-0.3, -0.25) is 0 Å². The summed E-state index contributed by atoms with van der Waals surface area (Å²) in [6.45, 7) is 1.99. The predicted octanol–water partition coefficient (Wildman–Crippen LogP) is 3.52. The van der Waals surface area contributed by atoms with E-state index in [9.17, 15) is 8.42 Å². The lowest BCUT2D eigenvalue weighted by Crippen LogP contribution is -2.23. The van der Waals surface area contributed by atoms with Crippen molar-refractivity contribution in [3.05, 3.63) is 81.8 Å². The number of thiazole rings is 1. The van der Waals surface area contributed by atoms with Crippen LogP contribution >= 0.6 is 11.3 Å². The second kappa shape index (κ2) is 7.25. The van der Waals surface area contributed by atoms with Gasteiger partial charge in [0.25, 0.3) is 0 Å². The summed E-state index contributed by atoms with van der Waals surface area (Å²) in [6.07, 6.45) is 2.62. The first-order valence-corrected chi connectivity index (χ1v) is 9.87. The van der Waals surface area contributed by atoms with Crippen molar-refractivity contribution in [1.82, 2.24) is 9.71 Å². The van der Waals surface area contributed by atoms with Crippen LogP contribution in [0.5, 0.6) is 0 Å². The Morgan fingerprint density at radius 3 is 2.50 bits per heavy atom. The minimum atomic E-state index is -3.52. The summed E-state index contributed by atoms with van der Waals surface area (Å²) >= 11 is 1.53. The van der Waals surface area contributed by atoms with E-state index < -0.39 is 10.0 Å². The summed E-state index contributed by atoms with van der Waals surface area (Å²) in [7, 11) is -3.52. The molecule has 1 heterocycles. The van der Waals surface area contributed by atoms with Crippen LogP contribution in [0.15, 0.2) is 65.7 Å². The van der Waals surface area contributed by atoms with Gasteiger partial charge in [0.15, 0.2) is 0 Å². The molecule has 1 N–H and O–H groups in total. The number of rotatable bonds is 6. The van der Waals surface area contributed by atoms with Gasteiger partial charge in [-0.15, -0.1) is 11.3 Å². The molecule has 24 heavy (non-hydrogen) atoms. The SMILES string of the molecule is Cc1ccccc1S(=O)(=O)NCc1ncc(Cc2ccccc2)s1. The van der Waals surface area contributed by atoms with Crippen LogP contribution in [0.25, 0.3) is 0 Å². The minimum absolute atomic E-state index is 0.204. The summed E-state index contributed by atoms with van der Waals surface area (Å²) in [5.74, 6) is 0. The highest BCUT2D eigenvalue weighted by molar-refractivity contribution is 7.89. The first kappa shape index (κ1) is 16.8. The molecule has 0 aliphatic rings. The molecule has 0 aliphatic carbocycles. The van der Waals surface area contributed by atoms with Crippen LogP contribution in [0.1, 0.15) is 21.0 Å². The molecule has 0 spiro atoms. The average Bonchev–Trinajstić information content (AvgIpc) is 3.02. The lowest BCUT2D eigenvalue weighted by atomic mass is 10.1. The van der Waals surface area contributed by atoms with Gasteiger partial charge in [-0.05, 0) is 24.1 Å². The van der Waals surface area contributed by atoms with E-state index in [1.165, 1.54) is 16.9 Å². The first-order chi connectivity index (χ1) is 11.5. The van der Waals surface area contributed by atoms with E-state index in [-0.39, 0.29) is 6.54 Å². The third kappa shape index (κ3) is 4.08. The number of aromatic nitrogens is 1. The number of sulfonamides is 1. The summed E-state index contributed by atoms with van der Waals surface area (Å²) in [4.78, 5) is 5.75. The van der Waals surface area contributed by atoms with Crippen LogP contribution in [-0.2, 0) is 23.0 Å². The Kier molecular flexibility index (Phi) is 5.08. The average molecular weight is 358 g/mol. The molecular weight excluding hydrogens is 340 g/mol. The van der Waals surface area contributed by atoms with Crippen LogP contribution < -0.4 is 4.72 Å². The molecule has 1 aromatic heterocycles. The second-order valence-electron chi connectivity index (χ2n) is 5.47. The molecule has 0 amide bonds. The van der Waals surface area contributed by atoms with Gasteiger partial charge in [0.1, 0.15) is 5.01 Å². The molecule has 0 radical (unpaired) electrons. The van der Waals surface area contributed by atoms with Crippen molar-refractivity contribution in [1.29, 1.82) is 0 Å². The standard InChI is InChI=1S/C18H18N2O2S2/c1-14-7-5-6-10-17(14)24(21,22)20-13-18-19-12-16(23-18)11-15-8-3-2-4-9-15/h2-10,12,20H,11,13H2,1H3. The molecule has 6 heteroatoms. The lowest BCUT2D eigenvalue weighted by molar-refractivity contribution is 0.580. The van der Waals surface area contributed by atoms with E-state index in [0.717, 1.165) is 21.9 Å². The summed E-state index contributed by atoms with van der Waals surface area (Å²) in [6, 6.07) is 17.1. The van der Waals surface area contributed by atoms with E-state index in [4.69, 9.17) is 0 Å². The fourth-order valence-corrected chi connectivity index (χ4v) is 4.62. The highest BCUT2D eigenvalue weighted by Crippen LogP contribution is 2.19. The highest BCUT2D eigenvalue weighted by Gasteiger charge is 2.16. The van der Waals surface area contributed by atoms with Crippen LogP contribution in [-0.4, -0.2) is 13.4 Å². The molecule has 4 nitrogen and oxygen atoms in total. The molecule has 0 saturated heterocycles. The zero-order chi connectivity index (χ0) is 17.0. The van der Waals surface area contributed by atoms with Gasteiger partial charge < -0.3 is 0 Å². The first-order valence-electron chi connectivity index (χ1n) is 7.57. The molecule has 124 valence electrons. The van der Waals surface area contributed by atoms with E-state index in [2.05, 4.69) is 21.8 Å². The molecular formula is C18H18N2O2S2. The fourth-order valence-electron chi connectivity index (χ4n) is 2.40. The monoisotopic (exact) mass is 358 g/mol. The van der Waals surface area contributed by atoms with Gasteiger partial charge in [0.05, 0.1) is 11.4 Å². The second-order valence-corrected chi connectivity index (χ2v) is 8.41. The van der Waals surface area contributed by atoms with E-state index in [1.54, 1.807) is 25.1 Å². The molecule has 3 rings (SSSR count). The van der Waals surface area contributed by atoms with Gasteiger partial charge in [-0.2, -0.15) is 0 Å². The van der Waals surface area contributed by atoms with Gasteiger partial charge in [-0.1, -0.05) is 48.5 Å². The zero-order valence-electron chi connectivity index (χ0n) is 13.3. The molecule has 0 atom stereocenters. The minimum Gasteiger partial charge on any atom is -0.248 e. The summed E-state index contributed by atoms with van der Waals surface area (Å²) < 4.78 is 27.4. The van der Waals surface area contributed by atoms with Crippen molar-refractivity contribution in [3.8, 4) is 0 Å². The number of benzene rings is 2. The van der Waals surface area contributed by atoms with Crippen molar-refractivity contribution in [2.24, 2.45) is 0 Å². The normalized spacial score (nSPS) is 11.5. The quantitative estimate of drug-likeness (QED) is 0.733. The maximum atomic E-state index is 12.4. The summed E-state index contributed by atoms with van der Waals surface area (Å²) in [5, 5.41) is 0.762. The molecule has 3 aromatic rings. The van der Waals surface area contributed by atoms with Crippen molar-refractivity contribution >= 4 is 21.4 Å². The largest absolute Gasteiger partial charge is 0.248 e. The smallest absolute Gasteiger partial charge is 0.241 e. The van der Waals surface area contributed by atoms with Gasteiger partial charge in [0.2, 0.25) is 10.0 Å². The van der Waals surface area contributed by atoms with Crippen LogP contribution in [0.4, 0.5) is 0 Å². The van der Waals surface area contributed by atoms with Crippen LogP contribution in [0, 0.1) is 6.92 Å². The maximum Gasteiger partial charge on any atom is 0.241 e. The van der Waals surface area contributed by atoms with Crippen molar-refractivity contribution in [2.45, 2.75) is 24.8 Å². The van der Waals surface area contributed by atoms with Gasteiger partial charge >= 0.3 is 0 Å². The zero-order valence-corrected chi connectivity index (χ0v) is 14.9. The topological polar surface area (TPSA) is 59.1 Å². The Bertz CT molecular complexity index is 919. The molecule has 0 unspecified atom stereocenters. The Balaban J connectivity index is 1.66. The Labute approximate surface area is 146 Å². The summed E-state index contributed by atoms with van der Waals surface area (Å²) in [5.41, 5.74) is 1.95. The van der Waals surface area contributed by atoms with E-state index >= 15 is 0 Å². The Morgan fingerprint density at radius 2 is 1.75 bits per heavy atom. The van der Waals surface area contributed by atoms with Crippen molar-refractivity contribution in [3.63, 3.8) is 0 Å². The Morgan fingerprint density at radius 1 is 1.04 bits per heavy atom. The van der Waals surface area contributed by atoms with Crippen molar-refractivity contribution in [2.75, 3.05) is 0 Å². The highest BCUT2D eigenvalue weighted by atomic mass is 32.2. The van der Waals surface area contributed by atoms with Gasteiger partial charge in [-0.25, -0.2) is 18.1 Å². The van der Waals surface area contributed by atoms with Crippen molar-refractivity contribution < 1.29 is 8.42 Å². The van der Waals surface area contributed by atoms with Gasteiger partial charge in [0, 0.05) is 17.5 Å². The number of hydrogen-bond acceptors (Lipinski definition) is 4. The lowest BCUT2D eigenvalue weighted by Gasteiger charge is -2.07. The maximum absolute atomic E-state index is 12.4. The van der Waals surface area contributed by atoms with Crippen LogP contribution in [0.2, 0.25) is 0 Å². The Hall–Kier alpha value is -2.02. The molecule has 0 saturated carbocycles. The molecule has 0 bridgehead atoms. The fraction of sp³-hybridized carbons (Fsp3) is 0.167.